The van der Waals surface area contributed by atoms with Gasteiger partial charge in [0.2, 0.25) is 0 Å². The van der Waals surface area contributed by atoms with E-state index < -0.39 is 5.91 Å². The van der Waals surface area contributed by atoms with E-state index in [0.29, 0.717) is 6.67 Å². The number of hydrogen-bond donors (Lipinski definition) is 3. The minimum absolute atomic E-state index is 0.267. The Bertz CT molecular complexity index is 141. The van der Waals surface area contributed by atoms with E-state index >= 15 is 0 Å². The number of rotatable bonds is 0. The molecule has 4 nitrogen and oxygen atoms in total. The maximum atomic E-state index is 10.3. The van der Waals surface area contributed by atoms with Gasteiger partial charge in [-0.3, -0.25) is 4.79 Å². The van der Waals surface area contributed by atoms with E-state index in [1.165, 1.54) is 6.20 Å². The van der Waals surface area contributed by atoms with E-state index in [2.05, 4.69) is 10.6 Å². The van der Waals surface area contributed by atoms with Gasteiger partial charge in [0.05, 0.1) is 6.67 Å². The fourth-order valence-electron chi connectivity index (χ4n) is 0.435. The second-order valence-corrected chi connectivity index (χ2v) is 1.42. The molecule has 1 heterocycles. The Labute approximate surface area is 46.2 Å². The van der Waals surface area contributed by atoms with Gasteiger partial charge in [-0.1, -0.05) is 0 Å². The SMILES string of the molecule is O=C1NCNC=C1O. The van der Waals surface area contributed by atoms with Gasteiger partial charge in [-0.2, -0.15) is 0 Å². The van der Waals surface area contributed by atoms with Gasteiger partial charge in [-0.25, -0.2) is 0 Å². The minimum atomic E-state index is -0.427. The first-order chi connectivity index (χ1) is 3.80. The molecule has 0 aromatic heterocycles. The lowest BCUT2D eigenvalue weighted by atomic mass is 10.4. The van der Waals surface area contributed by atoms with Gasteiger partial charge in [0.1, 0.15) is 0 Å². The smallest absolute Gasteiger partial charge is 0.289 e. The zero-order chi connectivity index (χ0) is 5.98. The number of carbonyl (C=O) groups is 1. The van der Waals surface area contributed by atoms with Crippen LogP contribution in [-0.4, -0.2) is 17.7 Å². The zero-order valence-corrected chi connectivity index (χ0v) is 4.14. The molecule has 8 heavy (non-hydrogen) atoms. The molecule has 1 aliphatic heterocycles. The number of aliphatic hydroxyl groups excluding tert-OH is 1. The molecule has 0 aromatic carbocycles. The topological polar surface area (TPSA) is 61.4 Å². The van der Waals surface area contributed by atoms with Gasteiger partial charge in [0.25, 0.3) is 5.91 Å². The molecule has 1 aliphatic rings. The molecule has 1 rings (SSSR count). The lowest BCUT2D eigenvalue weighted by Gasteiger charge is -2.09. The molecule has 0 bridgehead atoms. The minimum Gasteiger partial charge on any atom is -0.502 e. The molecule has 0 atom stereocenters. The van der Waals surface area contributed by atoms with Gasteiger partial charge in [0, 0.05) is 6.20 Å². The normalized spacial score (nSPS) is 18.5. The van der Waals surface area contributed by atoms with Gasteiger partial charge >= 0.3 is 0 Å². The Hall–Kier alpha value is -1.19. The van der Waals surface area contributed by atoms with Gasteiger partial charge in [-0.15, -0.1) is 0 Å². The van der Waals surface area contributed by atoms with Crippen LogP contribution in [0.15, 0.2) is 12.0 Å². The van der Waals surface area contributed by atoms with Crippen molar-refractivity contribution in [3.05, 3.63) is 12.0 Å². The summed E-state index contributed by atoms with van der Waals surface area (Å²) in [6.07, 6.45) is 1.26. The highest BCUT2D eigenvalue weighted by Crippen LogP contribution is 1.87. The predicted octanol–water partition coefficient (Wildman–Crippen LogP) is -0.937. The molecule has 0 unspecified atom stereocenters. The Morgan fingerprint density at radius 3 is 2.88 bits per heavy atom. The molecule has 0 fully saturated rings. The van der Waals surface area contributed by atoms with Crippen LogP contribution in [0.1, 0.15) is 0 Å². The van der Waals surface area contributed by atoms with E-state index in [4.69, 9.17) is 5.11 Å². The van der Waals surface area contributed by atoms with Gasteiger partial charge in [0.15, 0.2) is 5.76 Å². The monoisotopic (exact) mass is 114 g/mol. The second-order valence-electron chi connectivity index (χ2n) is 1.42. The van der Waals surface area contributed by atoms with Crippen molar-refractivity contribution in [1.29, 1.82) is 0 Å². The molecule has 0 radical (unpaired) electrons. The summed E-state index contributed by atoms with van der Waals surface area (Å²) in [5.74, 6) is -0.694. The molecule has 44 valence electrons. The predicted molar refractivity (Wildman–Crippen MR) is 26.9 cm³/mol. The first kappa shape index (κ1) is 4.96. The van der Waals surface area contributed by atoms with Crippen molar-refractivity contribution < 1.29 is 9.90 Å². The van der Waals surface area contributed by atoms with Crippen molar-refractivity contribution in [3.8, 4) is 0 Å². The molecule has 0 saturated heterocycles. The van der Waals surface area contributed by atoms with Crippen molar-refractivity contribution in [2.45, 2.75) is 0 Å². The summed E-state index contributed by atoms with van der Waals surface area (Å²) in [5.41, 5.74) is 0. The highest BCUT2D eigenvalue weighted by Gasteiger charge is 2.08. The summed E-state index contributed by atoms with van der Waals surface area (Å²) in [4.78, 5) is 10.3. The van der Waals surface area contributed by atoms with Crippen molar-refractivity contribution >= 4 is 5.91 Å². The van der Waals surface area contributed by atoms with Crippen LogP contribution in [0.3, 0.4) is 0 Å². The summed E-state index contributed by atoms with van der Waals surface area (Å²) in [7, 11) is 0. The maximum absolute atomic E-state index is 10.3. The first-order valence-corrected chi connectivity index (χ1v) is 2.21. The van der Waals surface area contributed by atoms with Crippen LogP contribution in [0.4, 0.5) is 0 Å². The molecule has 3 N–H and O–H groups in total. The van der Waals surface area contributed by atoms with Gasteiger partial charge < -0.3 is 15.7 Å². The third-order valence-corrected chi connectivity index (χ3v) is 0.822. The van der Waals surface area contributed by atoms with Crippen molar-refractivity contribution in [2.75, 3.05) is 6.67 Å². The molecule has 4 heteroatoms. The molecule has 1 amide bonds. The lowest BCUT2D eigenvalue weighted by molar-refractivity contribution is -0.120. The summed E-state index contributed by atoms with van der Waals surface area (Å²) < 4.78 is 0. The molecule has 0 spiro atoms. The highest BCUT2D eigenvalue weighted by atomic mass is 16.3. The Morgan fingerprint density at radius 1 is 1.75 bits per heavy atom. The number of hydrogen-bond acceptors (Lipinski definition) is 3. The fourth-order valence-corrected chi connectivity index (χ4v) is 0.435. The third kappa shape index (κ3) is 0.726. The fraction of sp³-hybridized carbons (Fsp3) is 0.250. The molecule has 0 aliphatic carbocycles. The average molecular weight is 114 g/mol. The maximum Gasteiger partial charge on any atom is 0.289 e. The standard InChI is InChI=1S/C4H6N2O2/c7-3-1-5-2-6-4(3)8/h1,5,7H,2H2,(H,6,8). The van der Waals surface area contributed by atoms with E-state index in [0.717, 1.165) is 0 Å². The molecular formula is C4H6N2O2. The van der Waals surface area contributed by atoms with Crippen molar-refractivity contribution in [1.82, 2.24) is 10.6 Å². The highest BCUT2D eigenvalue weighted by molar-refractivity contribution is 5.91. The summed E-state index contributed by atoms with van der Waals surface area (Å²) in [6, 6.07) is 0. The van der Waals surface area contributed by atoms with E-state index in [1.54, 1.807) is 0 Å². The number of amides is 1. The Balaban J connectivity index is 2.67. The molecule has 0 aromatic rings. The van der Waals surface area contributed by atoms with Crippen LogP contribution < -0.4 is 10.6 Å². The van der Waals surface area contributed by atoms with Crippen LogP contribution in [-0.2, 0) is 4.79 Å². The quantitative estimate of drug-likeness (QED) is 0.381. The van der Waals surface area contributed by atoms with Crippen molar-refractivity contribution in [2.24, 2.45) is 0 Å². The van der Waals surface area contributed by atoms with Crippen LogP contribution in [0.2, 0.25) is 0 Å². The van der Waals surface area contributed by atoms with Crippen LogP contribution in [0.25, 0.3) is 0 Å². The lowest BCUT2D eigenvalue weighted by Crippen LogP contribution is -2.37. The third-order valence-electron chi connectivity index (χ3n) is 0.822. The molecule has 0 saturated carbocycles. The van der Waals surface area contributed by atoms with E-state index in [1.807, 2.05) is 0 Å². The summed E-state index contributed by atoms with van der Waals surface area (Å²) in [6.45, 7) is 0.392. The van der Waals surface area contributed by atoms with Crippen molar-refractivity contribution in [3.63, 3.8) is 0 Å². The van der Waals surface area contributed by atoms with E-state index in [9.17, 15) is 4.79 Å². The number of nitrogens with one attached hydrogen (secondary N) is 2. The van der Waals surface area contributed by atoms with Crippen LogP contribution >= 0.6 is 0 Å². The Morgan fingerprint density at radius 2 is 2.50 bits per heavy atom. The van der Waals surface area contributed by atoms with Crippen LogP contribution in [0, 0.1) is 0 Å². The largest absolute Gasteiger partial charge is 0.502 e. The molecular weight excluding hydrogens is 108 g/mol. The summed E-state index contributed by atoms with van der Waals surface area (Å²) >= 11 is 0. The number of carbonyl (C=O) groups excluding carboxylic acids is 1. The average Bonchev–Trinajstić information content (AvgIpc) is 1.77. The van der Waals surface area contributed by atoms with Crippen LogP contribution in [0.5, 0.6) is 0 Å². The number of aliphatic hydroxyl groups is 1. The van der Waals surface area contributed by atoms with Gasteiger partial charge in [-0.05, 0) is 0 Å². The summed E-state index contributed by atoms with van der Waals surface area (Å²) in [5, 5.41) is 13.5. The zero-order valence-electron chi connectivity index (χ0n) is 4.14. The second kappa shape index (κ2) is 1.73. The first-order valence-electron chi connectivity index (χ1n) is 2.21. The Kier molecular flexibility index (Phi) is 1.07. The van der Waals surface area contributed by atoms with E-state index in [-0.39, 0.29) is 5.76 Å².